The number of hydrogen-bond donors (Lipinski definition) is 2. The first-order chi connectivity index (χ1) is 8.56. The monoisotopic (exact) mass is 279 g/mol. The highest BCUT2D eigenvalue weighted by molar-refractivity contribution is 7.92. The van der Waals surface area contributed by atoms with Crippen LogP contribution in [0.3, 0.4) is 0 Å². The molecule has 1 rings (SSSR count). The second kappa shape index (κ2) is 8.09. The number of rotatable bonds is 9. The molecule has 2 N–H and O–H groups in total. The van der Waals surface area contributed by atoms with E-state index in [1.165, 1.54) is 0 Å². The summed E-state index contributed by atoms with van der Waals surface area (Å²) in [6.45, 7) is 3.89. The Morgan fingerprint density at radius 1 is 1.50 bits per heavy atom. The van der Waals surface area contributed by atoms with Crippen molar-refractivity contribution in [1.82, 2.24) is 5.32 Å². The lowest BCUT2D eigenvalue weighted by molar-refractivity contribution is 0.0360. The van der Waals surface area contributed by atoms with Gasteiger partial charge in [0.2, 0.25) is 0 Å². The van der Waals surface area contributed by atoms with Crippen LogP contribution in [-0.2, 0) is 14.6 Å². The third kappa shape index (κ3) is 5.65. The third-order valence-electron chi connectivity index (χ3n) is 3.17. The normalized spacial score (nSPS) is 24.2. The van der Waals surface area contributed by atoms with Gasteiger partial charge in [0.1, 0.15) is 0 Å². The van der Waals surface area contributed by atoms with Crippen LogP contribution in [0.15, 0.2) is 0 Å². The van der Waals surface area contributed by atoms with Gasteiger partial charge in [-0.1, -0.05) is 13.3 Å². The first kappa shape index (κ1) is 15.9. The SMILES string of the molecule is CCCCOCC(O)CNCC1CCCS1(=O)=O. The topological polar surface area (TPSA) is 75.6 Å². The Labute approximate surface area is 110 Å². The zero-order chi connectivity index (χ0) is 13.4. The summed E-state index contributed by atoms with van der Waals surface area (Å²) in [5, 5.41) is 12.4. The minimum atomic E-state index is -2.88. The highest BCUT2D eigenvalue weighted by Gasteiger charge is 2.30. The van der Waals surface area contributed by atoms with Gasteiger partial charge < -0.3 is 15.2 Å². The number of aliphatic hydroxyl groups excluding tert-OH is 1. The van der Waals surface area contributed by atoms with E-state index in [4.69, 9.17) is 4.74 Å². The summed E-state index contributed by atoms with van der Waals surface area (Å²) in [7, 11) is -2.88. The van der Waals surface area contributed by atoms with Crippen molar-refractivity contribution in [2.75, 3.05) is 32.1 Å². The maximum Gasteiger partial charge on any atom is 0.154 e. The molecule has 0 saturated carbocycles. The average Bonchev–Trinajstić information content (AvgIpc) is 2.64. The van der Waals surface area contributed by atoms with E-state index in [1.807, 2.05) is 0 Å². The number of hydrogen-bond acceptors (Lipinski definition) is 5. The van der Waals surface area contributed by atoms with Gasteiger partial charge in [-0.25, -0.2) is 8.42 Å². The van der Waals surface area contributed by atoms with E-state index < -0.39 is 15.9 Å². The highest BCUT2D eigenvalue weighted by Crippen LogP contribution is 2.18. The Kier molecular flexibility index (Phi) is 7.14. The maximum atomic E-state index is 11.6. The van der Waals surface area contributed by atoms with E-state index in [9.17, 15) is 13.5 Å². The minimum absolute atomic E-state index is 0.272. The molecule has 1 aliphatic rings. The van der Waals surface area contributed by atoms with Crippen LogP contribution in [0, 0.1) is 0 Å². The quantitative estimate of drug-likeness (QED) is 0.595. The van der Waals surface area contributed by atoms with Crippen molar-refractivity contribution in [3.8, 4) is 0 Å². The van der Waals surface area contributed by atoms with Crippen LogP contribution < -0.4 is 5.32 Å². The van der Waals surface area contributed by atoms with Gasteiger partial charge in [-0.15, -0.1) is 0 Å². The van der Waals surface area contributed by atoms with E-state index in [1.54, 1.807) is 0 Å². The average molecular weight is 279 g/mol. The Morgan fingerprint density at radius 3 is 2.89 bits per heavy atom. The van der Waals surface area contributed by atoms with Gasteiger partial charge >= 0.3 is 0 Å². The Hall–Kier alpha value is -0.170. The van der Waals surface area contributed by atoms with Crippen LogP contribution in [0.5, 0.6) is 0 Å². The molecule has 0 aromatic heterocycles. The van der Waals surface area contributed by atoms with E-state index in [-0.39, 0.29) is 5.25 Å². The summed E-state index contributed by atoms with van der Waals surface area (Å²) in [6.07, 6.45) is 3.01. The molecular formula is C12H25NO4S. The van der Waals surface area contributed by atoms with Crippen molar-refractivity contribution >= 4 is 9.84 Å². The molecule has 0 radical (unpaired) electrons. The van der Waals surface area contributed by atoms with Gasteiger partial charge in [-0.2, -0.15) is 0 Å². The number of sulfone groups is 1. The second-order valence-electron chi connectivity index (χ2n) is 4.87. The van der Waals surface area contributed by atoms with E-state index in [0.29, 0.717) is 32.1 Å². The lowest BCUT2D eigenvalue weighted by atomic mass is 10.2. The molecule has 0 spiro atoms. The fourth-order valence-corrected chi connectivity index (χ4v) is 3.82. The summed E-state index contributed by atoms with van der Waals surface area (Å²) in [6, 6.07) is 0. The molecule has 2 unspecified atom stereocenters. The molecule has 1 heterocycles. The predicted octanol–water partition coefficient (Wildman–Crippen LogP) is 0.331. The fourth-order valence-electron chi connectivity index (χ4n) is 2.02. The van der Waals surface area contributed by atoms with Gasteiger partial charge in [-0.3, -0.25) is 0 Å². The van der Waals surface area contributed by atoms with E-state index in [2.05, 4.69) is 12.2 Å². The molecule has 5 nitrogen and oxygen atoms in total. The molecule has 0 aromatic carbocycles. The van der Waals surface area contributed by atoms with Gasteiger partial charge in [0.05, 0.1) is 23.7 Å². The first-order valence-electron chi connectivity index (χ1n) is 6.74. The zero-order valence-electron chi connectivity index (χ0n) is 11.1. The van der Waals surface area contributed by atoms with Gasteiger partial charge in [-0.05, 0) is 19.3 Å². The molecule has 0 bridgehead atoms. The summed E-state index contributed by atoms with van der Waals surface area (Å²) in [5.74, 6) is 0.308. The zero-order valence-corrected chi connectivity index (χ0v) is 11.9. The lowest BCUT2D eigenvalue weighted by Gasteiger charge is -2.14. The highest BCUT2D eigenvalue weighted by atomic mass is 32.2. The predicted molar refractivity (Wildman–Crippen MR) is 71.4 cm³/mol. The maximum absolute atomic E-state index is 11.6. The van der Waals surface area contributed by atoms with Crippen LogP contribution in [0.25, 0.3) is 0 Å². The molecule has 108 valence electrons. The summed E-state index contributed by atoms with van der Waals surface area (Å²) in [4.78, 5) is 0. The Morgan fingerprint density at radius 2 is 2.28 bits per heavy atom. The van der Waals surface area contributed by atoms with Crippen molar-refractivity contribution in [1.29, 1.82) is 0 Å². The third-order valence-corrected chi connectivity index (χ3v) is 5.44. The van der Waals surface area contributed by atoms with Crippen LogP contribution in [0.1, 0.15) is 32.6 Å². The molecule has 1 fully saturated rings. The van der Waals surface area contributed by atoms with E-state index >= 15 is 0 Å². The van der Waals surface area contributed by atoms with Gasteiger partial charge in [0.25, 0.3) is 0 Å². The first-order valence-corrected chi connectivity index (χ1v) is 8.46. The molecule has 1 aliphatic heterocycles. The van der Waals surface area contributed by atoms with Crippen molar-refractivity contribution in [2.45, 2.75) is 44.0 Å². The second-order valence-corrected chi connectivity index (χ2v) is 7.27. The van der Waals surface area contributed by atoms with Crippen molar-refractivity contribution < 1.29 is 18.3 Å². The smallest absolute Gasteiger partial charge is 0.154 e. The summed E-state index contributed by atoms with van der Waals surface area (Å²) >= 11 is 0. The van der Waals surface area contributed by atoms with Crippen LogP contribution in [0.2, 0.25) is 0 Å². The molecule has 6 heteroatoms. The summed E-state index contributed by atoms with van der Waals surface area (Å²) < 4.78 is 28.4. The molecule has 0 aliphatic carbocycles. The van der Waals surface area contributed by atoms with Crippen molar-refractivity contribution in [3.63, 3.8) is 0 Å². The minimum Gasteiger partial charge on any atom is -0.389 e. The number of unbranched alkanes of at least 4 members (excludes halogenated alkanes) is 1. The van der Waals surface area contributed by atoms with Crippen LogP contribution >= 0.6 is 0 Å². The molecule has 0 amide bonds. The number of nitrogens with one attached hydrogen (secondary N) is 1. The molecular weight excluding hydrogens is 254 g/mol. The van der Waals surface area contributed by atoms with E-state index in [0.717, 1.165) is 25.7 Å². The summed E-state index contributed by atoms with van der Waals surface area (Å²) in [5.41, 5.74) is 0. The Balaban J connectivity index is 2.06. The molecule has 1 saturated heterocycles. The van der Waals surface area contributed by atoms with Crippen molar-refractivity contribution in [3.05, 3.63) is 0 Å². The van der Waals surface area contributed by atoms with Crippen LogP contribution in [-0.4, -0.2) is 56.9 Å². The van der Waals surface area contributed by atoms with Crippen molar-refractivity contribution in [2.24, 2.45) is 0 Å². The Bertz CT molecular complexity index is 318. The fraction of sp³-hybridized carbons (Fsp3) is 1.00. The standard InChI is InChI=1S/C12H25NO4S/c1-2-3-6-17-10-11(14)8-13-9-12-5-4-7-18(12,15)16/h11-14H,2-10H2,1H3. The number of aliphatic hydroxyl groups is 1. The molecule has 0 aromatic rings. The van der Waals surface area contributed by atoms with Gasteiger partial charge in [0.15, 0.2) is 9.84 Å². The largest absolute Gasteiger partial charge is 0.389 e. The molecule has 18 heavy (non-hydrogen) atoms. The van der Waals surface area contributed by atoms with Crippen LogP contribution in [0.4, 0.5) is 0 Å². The molecule has 2 atom stereocenters. The lowest BCUT2D eigenvalue weighted by Crippen LogP contribution is -2.36. The van der Waals surface area contributed by atoms with Gasteiger partial charge in [0, 0.05) is 19.7 Å². The number of ether oxygens (including phenoxy) is 1.